The second kappa shape index (κ2) is 5.54. The van der Waals surface area contributed by atoms with Crippen molar-refractivity contribution in [2.24, 2.45) is 0 Å². The van der Waals surface area contributed by atoms with Crippen molar-refractivity contribution >= 4 is 27.4 Å². The van der Waals surface area contributed by atoms with Gasteiger partial charge in [-0.2, -0.15) is 0 Å². The maximum Gasteiger partial charge on any atom is 0.269 e. The molecule has 2 aromatic rings. The average Bonchev–Trinajstić information content (AvgIpc) is 2.38. The highest BCUT2D eigenvalue weighted by atomic mass is 79.9. The molecule has 0 atom stereocenters. The van der Waals surface area contributed by atoms with E-state index in [-0.39, 0.29) is 5.69 Å². The first-order valence-corrected chi connectivity index (χ1v) is 5.89. The quantitative estimate of drug-likeness (QED) is 0.694. The number of aromatic nitrogens is 2. The number of non-ortho nitro benzene ring substituents is 1. The molecule has 1 N–H and O–H groups in total. The predicted octanol–water partition coefficient (Wildman–Crippen LogP) is 2.76. The Bertz CT molecular complexity index is 576. The van der Waals surface area contributed by atoms with Gasteiger partial charge in [-0.1, -0.05) is 12.1 Å². The van der Waals surface area contributed by atoms with Gasteiger partial charge >= 0.3 is 0 Å². The molecule has 0 bridgehead atoms. The molecule has 0 aliphatic heterocycles. The fraction of sp³-hybridized carbons (Fsp3) is 0.0909. The first kappa shape index (κ1) is 12.4. The molecule has 6 nitrogen and oxygen atoms in total. The van der Waals surface area contributed by atoms with E-state index in [1.54, 1.807) is 12.3 Å². The van der Waals surface area contributed by atoms with Crippen LogP contribution in [0.2, 0.25) is 0 Å². The van der Waals surface area contributed by atoms with Crippen molar-refractivity contribution in [3.05, 3.63) is 56.9 Å². The second-order valence-electron chi connectivity index (χ2n) is 3.50. The summed E-state index contributed by atoms with van der Waals surface area (Å²) < 4.78 is 0.746. The Morgan fingerprint density at radius 3 is 3.00 bits per heavy atom. The molecule has 1 heterocycles. The van der Waals surface area contributed by atoms with Gasteiger partial charge in [-0.05, 0) is 21.5 Å². The molecule has 0 unspecified atom stereocenters. The molecule has 1 aromatic carbocycles. The zero-order valence-electron chi connectivity index (χ0n) is 9.21. The standard InChI is InChI=1S/C11H9BrN4O2/c12-10-6-13-7-15-11(10)14-5-8-2-1-3-9(4-8)16(17)18/h1-4,6-7H,5H2,(H,13,14,15). The van der Waals surface area contributed by atoms with Crippen molar-refractivity contribution in [3.63, 3.8) is 0 Å². The van der Waals surface area contributed by atoms with Crippen LogP contribution in [0.25, 0.3) is 0 Å². The van der Waals surface area contributed by atoms with E-state index in [1.807, 2.05) is 6.07 Å². The lowest BCUT2D eigenvalue weighted by Gasteiger charge is -2.06. The van der Waals surface area contributed by atoms with Crippen molar-refractivity contribution in [2.75, 3.05) is 5.32 Å². The number of halogens is 1. The molecule has 0 amide bonds. The maximum absolute atomic E-state index is 10.6. The molecule has 0 aliphatic carbocycles. The van der Waals surface area contributed by atoms with E-state index in [0.29, 0.717) is 12.4 Å². The normalized spacial score (nSPS) is 10.1. The van der Waals surface area contributed by atoms with E-state index in [2.05, 4.69) is 31.2 Å². The maximum atomic E-state index is 10.6. The Balaban J connectivity index is 2.09. The Hall–Kier alpha value is -2.02. The van der Waals surface area contributed by atoms with E-state index < -0.39 is 4.92 Å². The summed E-state index contributed by atoms with van der Waals surface area (Å²) in [6, 6.07) is 6.46. The van der Waals surface area contributed by atoms with E-state index in [1.165, 1.54) is 18.5 Å². The zero-order chi connectivity index (χ0) is 13.0. The lowest BCUT2D eigenvalue weighted by molar-refractivity contribution is -0.384. The second-order valence-corrected chi connectivity index (χ2v) is 4.35. The molecule has 2 rings (SSSR count). The van der Waals surface area contributed by atoms with Crippen LogP contribution < -0.4 is 5.32 Å². The molecule has 0 radical (unpaired) electrons. The molecule has 0 saturated carbocycles. The van der Waals surface area contributed by atoms with Crippen LogP contribution in [-0.2, 0) is 6.54 Å². The monoisotopic (exact) mass is 308 g/mol. The van der Waals surface area contributed by atoms with Crippen LogP contribution in [0, 0.1) is 10.1 Å². The van der Waals surface area contributed by atoms with Crippen LogP contribution in [0.4, 0.5) is 11.5 Å². The summed E-state index contributed by atoms with van der Waals surface area (Å²) >= 11 is 3.31. The highest BCUT2D eigenvalue weighted by molar-refractivity contribution is 9.10. The van der Waals surface area contributed by atoms with Gasteiger partial charge in [0.05, 0.1) is 9.40 Å². The van der Waals surface area contributed by atoms with Crippen LogP contribution in [0.3, 0.4) is 0 Å². The Kier molecular flexibility index (Phi) is 3.83. The molecule has 18 heavy (non-hydrogen) atoms. The highest BCUT2D eigenvalue weighted by Gasteiger charge is 2.06. The van der Waals surface area contributed by atoms with Gasteiger partial charge in [0.1, 0.15) is 12.1 Å². The van der Waals surface area contributed by atoms with Crippen LogP contribution >= 0.6 is 15.9 Å². The molecule has 1 aromatic heterocycles. The largest absolute Gasteiger partial charge is 0.365 e. The fourth-order valence-corrected chi connectivity index (χ4v) is 1.77. The van der Waals surface area contributed by atoms with Crippen molar-refractivity contribution < 1.29 is 4.92 Å². The summed E-state index contributed by atoms with van der Waals surface area (Å²) in [5, 5.41) is 13.7. The number of nitrogens with one attached hydrogen (secondary N) is 1. The number of nitro groups is 1. The number of nitro benzene ring substituents is 1. The van der Waals surface area contributed by atoms with Gasteiger partial charge in [-0.3, -0.25) is 10.1 Å². The molecule has 0 aliphatic rings. The number of hydrogen-bond donors (Lipinski definition) is 1. The van der Waals surface area contributed by atoms with E-state index >= 15 is 0 Å². The molecule has 0 spiro atoms. The van der Waals surface area contributed by atoms with Gasteiger partial charge in [-0.15, -0.1) is 0 Å². The van der Waals surface area contributed by atoms with Crippen LogP contribution in [0.1, 0.15) is 5.56 Å². The van der Waals surface area contributed by atoms with Gasteiger partial charge < -0.3 is 5.32 Å². The van der Waals surface area contributed by atoms with Gasteiger partial charge in [-0.25, -0.2) is 9.97 Å². The average molecular weight is 309 g/mol. The summed E-state index contributed by atoms with van der Waals surface area (Å²) in [5.41, 5.74) is 0.894. The summed E-state index contributed by atoms with van der Waals surface area (Å²) in [4.78, 5) is 18.1. The third-order valence-electron chi connectivity index (χ3n) is 2.25. The molecular formula is C11H9BrN4O2. The van der Waals surface area contributed by atoms with Gasteiger partial charge in [0, 0.05) is 24.9 Å². The van der Waals surface area contributed by atoms with Crippen LogP contribution in [-0.4, -0.2) is 14.9 Å². The van der Waals surface area contributed by atoms with E-state index in [9.17, 15) is 10.1 Å². The van der Waals surface area contributed by atoms with E-state index in [0.717, 1.165) is 10.0 Å². The summed E-state index contributed by atoms with van der Waals surface area (Å²) in [6.07, 6.45) is 3.06. The van der Waals surface area contributed by atoms with Gasteiger partial charge in [0.2, 0.25) is 0 Å². The molecule has 92 valence electrons. The smallest absolute Gasteiger partial charge is 0.269 e. The first-order valence-electron chi connectivity index (χ1n) is 5.09. The Morgan fingerprint density at radius 2 is 2.28 bits per heavy atom. The van der Waals surface area contributed by atoms with E-state index in [4.69, 9.17) is 0 Å². The minimum atomic E-state index is -0.413. The first-order chi connectivity index (χ1) is 8.66. The number of benzene rings is 1. The topological polar surface area (TPSA) is 81.0 Å². The van der Waals surface area contributed by atoms with Crippen molar-refractivity contribution in [3.8, 4) is 0 Å². The fourth-order valence-electron chi connectivity index (χ4n) is 1.41. The predicted molar refractivity (Wildman–Crippen MR) is 70.2 cm³/mol. The third kappa shape index (κ3) is 3.01. The SMILES string of the molecule is O=[N+]([O-])c1cccc(CNc2ncncc2Br)c1. The van der Waals surface area contributed by atoms with Crippen molar-refractivity contribution in [2.45, 2.75) is 6.54 Å². The summed E-state index contributed by atoms with van der Waals surface area (Å²) in [7, 11) is 0. The third-order valence-corrected chi connectivity index (χ3v) is 2.83. The summed E-state index contributed by atoms with van der Waals surface area (Å²) in [5.74, 6) is 0.650. The number of rotatable bonds is 4. The van der Waals surface area contributed by atoms with Crippen molar-refractivity contribution in [1.82, 2.24) is 9.97 Å². The van der Waals surface area contributed by atoms with Crippen molar-refractivity contribution in [1.29, 1.82) is 0 Å². The summed E-state index contributed by atoms with van der Waals surface area (Å²) in [6.45, 7) is 0.456. The zero-order valence-corrected chi connectivity index (χ0v) is 10.8. The van der Waals surface area contributed by atoms with Gasteiger partial charge in [0.25, 0.3) is 5.69 Å². The Morgan fingerprint density at radius 1 is 1.44 bits per heavy atom. The number of anilines is 1. The van der Waals surface area contributed by atoms with Gasteiger partial charge in [0.15, 0.2) is 0 Å². The molecule has 7 heteroatoms. The minimum Gasteiger partial charge on any atom is -0.365 e. The number of hydrogen-bond acceptors (Lipinski definition) is 5. The lowest BCUT2D eigenvalue weighted by Crippen LogP contribution is -2.02. The Labute approximate surface area is 111 Å². The highest BCUT2D eigenvalue weighted by Crippen LogP contribution is 2.19. The molecule has 0 saturated heterocycles. The lowest BCUT2D eigenvalue weighted by atomic mass is 10.2. The molecule has 0 fully saturated rings. The minimum absolute atomic E-state index is 0.0797. The molecular weight excluding hydrogens is 300 g/mol. The van der Waals surface area contributed by atoms with Crippen LogP contribution in [0.15, 0.2) is 41.3 Å². The number of nitrogens with zero attached hydrogens (tertiary/aromatic N) is 3. The van der Waals surface area contributed by atoms with Crippen LogP contribution in [0.5, 0.6) is 0 Å².